The van der Waals surface area contributed by atoms with E-state index in [0.717, 1.165) is 22.6 Å². The minimum atomic E-state index is 0.141. The van der Waals surface area contributed by atoms with Gasteiger partial charge >= 0.3 is 0 Å². The molecular weight excluding hydrogens is 196 g/mol. The molecule has 14 heavy (non-hydrogen) atoms. The van der Waals surface area contributed by atoms with Gasteiger partial charge in [0.15, 0.2) is 0 Å². The van der Waals surface area contributed by atoms with Crippen LogP contribution in [0, 0.1) is 0 Å². The second-order valence-electron chi connectivity index (χ2n) is 3.01. The summed E-state index contributed by atoms with van der Waals surface area (Å²) in [5.41, 5.74) is 2.15. The van der Waals surface area contributed by atoms with Crippen LogP contribution in [0.1, 0.15) is 5.56 Å². The van der Waals surface area contributed by atoms with Gasteiger partial charge in [-0.15, -0.1) is 0 Å². The topological polar surface area (TPSA) is 26.3 Å². The average molecular weight is 206 g/mol. The van der Waals surface area contributed by atoms with E-state index in [4.69, 9.17) is 4.74 Å². The third-order valence-electron chi connectivity index (χ3n) is 2.10. The van der Waals surface area contributed by atoms with E-state index in [1.165, 1.54) is 11.8 Å². The van der Waals surface area contributed by atoms with Gasteiger partial charge in [-0.2, -0.15) is 0 Å². The van der Waals surface area contributed by atoms with Crippen LogP contribution in [-0.4, -0.2) is 18.0 Å². The summed E-state index contributed by atoms with van der Waals surface area (Å²) in [6.45, 7) is 0. The number of carbonyl (C=O) groups excluding carboxylic acids is 1. The molecule has 0 spiro atoms. The van der Waals surface area contributed by atoms with E-state index in [0.29, 0.717) is 0 Å². The fourth-order valence-electron chi connectivity index (χ4n) is 1.36. The fraction of sp³-hybridized carbons (Fsp3) is 0.182. The quantitative estimate of drug-likeness (QED) is 0.743. The van der Waals surface area contributed by atoms with E-state index in [1.54, 1.807) is 13.2 Å². The molecule has 1 aromatic carbocycles. The van der Waals surface area contributed by atoms with Crippen molar-refractivity contribution in [1.82, 2.24) is 0 Å². The molecule has 0 unspecified atom stereocenters. The van der Waals surface area contributed by atoms with Gasteiger partial charge in [-0.3, -0.25) is 4.79 Å². The summed E-state index contributed by atoms with van der Waals surface area (Å²) in [6.07, 6.45) is 1.69. The van der Waals surface area contributed by atoms with Crippen LogP contribution in [0.5, 0.6) is 5.75 Å². The Bertz CT molecular complexity index is 396. The van der Waals surface area contributed by atoms with Crippen molar-refractivity contribution in [2.45, 2.75) is 0 Å². The molecule has 1 aliphatic heterocycles. The predicted octanol–water partition coefficient (Wildman–Crippen LogP) is 2.35. The second-order valence-corrected chi connectivity index (χ2v) is 3.99. The van der Waals surface area contributed by atoms with E-state index < -0.39 is 0 Å². The Balaban J connectivity index is 2.32. The smallest absolute Gasteiger partial charge is 0.212 e. The molecule has 2 nitrogen and oxygen atoms in total. The number of rotatable bonds is 2. The molecule has 72 valence electrons. The van der Waals surface area contributed by atoms with Crippen molar-refractivity contribution in [2.24, 2.45) is 0 Å². The highest BCUT2D eigenvalue weighted by atomic mass is 32.2. The summed E-state index contributed by atoms with van der Waals surface area (Å²) < 4.78 is 5.12. The fourth-order valence-corrected chi connectivity index (χ4v) is 2.14. The van der Waals surface area contributed by atoms with E-state index >= 15 is 0 Å². The lowest BCUT2D eigenvalue weighted by Crippen LogP contribution is -1.86. The average Bonchev–Trinajstić information content (AvgIpc) is 2.65. The van der Waals surface area contributed by atoms with Crippen LogP contribution in [0.25, 0.3) is 5.57 Å². The molecular formula is C11H10O2S. The first-order valence-electron chi connectivity index (χ1n) is 4.31. The Morgan fingerprint density at radius 1 is 1.43 bits per heavy atom. The van der Waals surface area contributed by atoms with Gasteiger partial charge in [0.1, 0.15) is 5.75 Å². The highest BCUT2D eigenvalue weighted by molar-refractivity contribution is 8.14. The minimum absolute atomic E-state index is 0.141. The van der Waals surface area contributed by atoms with Gasteiger partial charge in [0.05, 0.1) is 7.11 Å². The summed E-state index contributed by atoms with van der Waals surface area (Å²) in [4.78, 5) is 11.0. The lowest BCUT2D eigenvalue weighted by molar-refractivity contribution is -0.106. The van der Waals surface area contributed by atoms with Crippen molar-refractivity contribution >= 4 is 22.5 Å². The Morgan fingerprint density at radius 2 is 2.29 bits per heavy atom. The molecule has 0 aliphatic carbocycles. The third-order valence-corrected chi connectivity index (χ3v) is 2.96. The van der Waals surface area contributed by atoms with Gasteiger partial charge < -0.3 is 4.74 Å². The number of ether oxygens (including phenoxy) is 1. The van der Waals surface area contributed by atoms with Gasteiger partial charge in [-0.1, -0.05) is 23.9 Å². The summed E-state index contributed by atoms with van der Waals surface area (Å²) in [5.74, 6) is 1.60. The third kappa shape index (κ3) is 1.82. The summed E-state index contributed by atoms with van der Waals surface area (Å²) >= 11 is 1.34. The van der Waals surface area contributed by atoms with Crippen LogP contribution < -0.4 is 4.74 Å². The first kappa shape index (κ1) is 9.34. The zero-order valence-corrected chi connectivity index (χ0v) is 8.64. The van der Waals surface area contributed by atoms with E-state index in [9.17, 15) is 4.79 Å². The number of methoxy groups -OCH3 is 1. The SMILES string of the molecule is COc1cccc(C2=CC(=O)SC2)c1. The molecule has 0 saturated heterocycles. The molecule has 1 heterocycles. The molecule has 0 fully saturated rings. The molecule has 1 aliphatic rings. The van der Waals surface area contributed by atoms with Crippen LogP contribution >= 0.6 is 11.8 Å². The number of carbonyl (C=O) groups is 1. The van der Waals surface area contributed by atoms with E-state index in [-0.39, 0.29) is 5.12 Å². The van der Waals surface area contributed by atoms with Gasteiger partial charge in [0, 0.05) is 5.75 Å². The highest BCUT2D eigenvalue weighted by Crippen LogP contribution is 2.29. The Labute approximate surface area is 87.0 Å². The zero-order chi connectivity index (χ0) is 9.97. The Hall–Kier alpha value is -1.22. The molecule has 0 amide bonds. The molecule has 0 atom stereocenters. The predicted molar refractivity (Wildman–Crippen MR) is 58.4 cm³/mol. The summed E-state index contributed by atoms with van der Waals surface area (Å²) in [7, 11) is 1.64. The van der Waals surface area contributed by atoms with Crippen LogP contribution in [0.4, 0.5) is 0 Å². The molecule has 1 aromatic rings. The normalized spacial score (nSPS) is 15.5. The van der Waals surface area contributed by atoms with Crippen molar-refractivity contribution in [3.63, 3.8) is 0 Å². The molecule has 0 saturated carbocycles. The van der Waals surface area contributed by atoms with Crippen LogP contribution in [-0.2, 0) is 4.79 Å². The molecule has 2 rings (SSSR count). The highest BCUT2D eigenvalue weighted by Gasteiger charge is 2.14. The van der Waals surface area contributed by atoms with Crippen LogP contribution in [0.3, 0.4) is 0 Å². The maximum atomic E-state index is 11.0. The van der Waals surface area contributed by atoms with Crippen molar-refractivity contribution in [2.75, 3.05) is 12.9 Å². The number of thioether (sulfide) groups is 1. The van der Waals surface area contributed by atoms with E-state index in [2.05, 4.69) is 0 Å². The second kappa shape index (κ2) is 3.88. The van der Waals surface area contributed by atoms with Gasteiger partial charge in [-0.05, 0) is 29.3 Å². The Kier molecular flexibility index (Phi) is 2.59. The summed E-state index contributed by atoms with van der Waals surface area (Å²) in [6, 6.07) is 7.77. The molecule has 0 N–H and O–H groups in total. The first-order chi connectivity index (χ1) is 6.79. The van der Waals surface area contributed by atoms with Gasteiger partial charge in [0.25, 0.3) is 0 Å². The van der Waals surface area contributed by atoms with Crippen LogP contribution in [0.15, 0.2) is 30.3 Å². The standard InChI is InChI=1S/C11H10O2S/c1-13-10-4-2-3-8(5-10)9-6-11(12)14-7-9/h2-6H,7H2,1H3. The molecule has 0 radical (unpaired) electrons. The monoisotopic (exact) mass is 206 g/mol. The number of benzene rings is 1. The molecule has 3 heteroatoms. The van der Waals surface area contributed by atoms with Gasteiger partial charge in [-0.25, -0.2) is 0 Å². The van der Waals surface area contributed by atoms with Crippen molar-refractivity contribution in [3.05, 3.63) is 35.9 Å². The van der Waals surface area contributed by atoms with Crippen molar-refractivity contribution in [3.8, 4) is 5.75 Å². The number of hydrogen-bond acceptors (Lipinski definition) is 3. The first-order valence-corrected chi connectivity index (χ1v) is 5.30. The Morgan fingerprint density at radius 3 is 2.93 bits per heavy atom. The lowest BCUT2D eigenvalue weighted by atomic mass is 10.1. The maximum absolute atomic E-state index is 11.0. The zero-order valence-electron chi connectivity index (χ0n) is 7.82. The largest absolute Gasteiger partial charge is 0.497 e. The van der Waals surface area contributed by atoms with Crippen molar-refractivity contribution < 1.29 is 9.53 Å². The van der Waals surface area contributed by atoms with Crippen molar-refractivity contribution in [1.29, 1.82) is 0 Å². The minimum Gasteiger partial charge on any atom is -0.497 e. The molecule has 0 bridgehead atoms. The lowest BCUT2D eigenvalue weighted by Gasteiger charge is -2.03. The number of hydrogen-bond donors (Lipinski definition) is 0. The van der Waals surface area contributed by atoms with Gasteiger partial charge in [0.2, 0.25) is 5.12 Å². The maximum Gasteiger partial charge on any atom is 0.212 e. The van der Waals surface area contributed by atoms with E-state index in [1.807, 2.05) is 24.3 Å². The molecule has 0 aromatic heterocycles. The van der Waals surface area contributed by atoms with Crippen LogP contribution in [0.2, 0.25) is 0 Å². The summed E-state index contributed by atoms with van der Waals surface area (Å²) in [5, 5.41) is 0.141.